The van der Waals surface area contributed by atoms with Crippen molar-refractivity contribution in [3.63, 3.8) is 0 Å². The Labute approximate surface area is 152 Å². The second-order valence-electron chi connectivity index (χ2n) is 6.01. The van der Waals surface area contributed by atoms with Gasteiger partial charge in [-0.2, -0.15) is 5.10 Å². The van der Waals surface area contributed by atoms with E-state index in [1.807, 2.05) is 51.1 Å². The molecule has 1 N–H and O–H groups in total. The van der Waals surface area contributed by atoms with Crippen LogP contribution >= 0.6 is 0 Å². The molecule has 0 bridgehead atoms. The average molecular weight is 351 g/mol. The quantitative estimate of drug-likeness (QED) is 0.738. The number of rotatable bonds is 6. The van der Waals surface area contributed by atoms with Crippen molar-refractivity contribution in [2.45, 2.75) is 27.4 Å². The zero-order chi connectivity index (χ0) is 18.5. The molecule has 0 atom stereocenters. The van der Waals surface area contributed by atoms with Crippen LogP contribution in [0.15, 0.2) is 42.7 Å². The molecule has 3 aromatic rings. The first-order valence-corrected chi connectivity index (χ1v) is 8.31. The molecular formula is C19H21N5O2. The molecule has 0 saturated heterocycles. The van der Waals surface area contributed by atoms with Crippen LogP contribution < -0.4 is 5.32 Å². The van der Waals surface area contributed by atoms with Crippen molar-refractivity contribution in [1.82, 2.24) is 19.7 Å². The maximum Gasteiger partial charge on any atom is 0.250 e. The van der Waals surface area contributed by atoms with Gasteiger partial charge in [-0.3, -0.25) is 4.79 Å². The number of anilines is 1. The molecule has 0 aliphatic rings. The summed E-state index contributed by atoms with van der Waals surface area (Å²) in [7, 11) is 0. The molecule has 134 valence electrons. The molecule has 1 aromatic carbocycles. The van der Waals surface area contributed by atoms with Crippen LogP contribution in [0.25, 0.3) is 5.95 Å². The Kier molecular flexibility index (Phi) is 5.38. The minimum Gasteiger partial charge on any atom is -0.367 e. The van der Waals surface area contributed by atoms with E-state index < -0.39 is 0 Å². The van der Waals surface area contributed by atoms with E-state index in [0.29, 0.717) is 18.2 Å². The van der Waals surface area contributed by atoms with E-state index in [1.165, 1.54) is 0 Å². The van der Waals surface area contributed by atoms with E-state index in [1.54, 1.807) is 17.1 Å². The lowest BCUT2D eigenvalue weighted by atomic mass is 10.2. The van der Waals surface area contributed by atoms with Crippen LogP contribution in [0.3, 0.4) is 0 Å². The van der Waals surface area contributed by atoms with Crippen molar-refractivity contribution < 1.29 is 9.53 Å². The van der Waals surface area contributed by atoms with E-state index >= 15 is 0 Å². The lowest BCUT2D eigenvalue weighted by molar-refractivity contribution is -0.121. The number of ether oxygens (including phenoxy) is 1. The van der Waals surface area contributed by atoms with Gasteiger partial charge in [-0.1, -0.05) is 30.3 Å². The Morgan fingerprint density at radius 1 is 1.12 bits per heavy atom. The summed E-state index contributed by atoms with van der Waals surface area (Å²) in [5, 5.41) is 7.14. The molecule has 26 heavy (non-hydrogen) atoms. The first-order chi connectivity index (χ1) is 12.5. The number of nitrogens with zero attached hydrogens (tertiary/aromatic N) is 4. The summed E-state index contributed by atoms with van der Waals surface area (Å²) in [6.07, 6.45) is 3.12. The Hall–Kier alpha value is -3.06. The van der Waals surface area contributed by atoms with Crippen LogP contribution in [0.2, 0.25) is 0 Å². The van der Waals surface area contributed by atoms with Crippen molar-refractivity contribution in [3.05, 3.63) is 65.2 Å². The highest BCUT2D eigenvalue weighted by Gasteiger charge is 2.11. The Morgan fingerprint density at radius 3 is 2.42 bits per heavy atom. The summed E-state index contributed by atoms with van der Waals surface area (Å²) < 4.78 is 7.11. The minimum atomic E-state index is -0.251. The lowest BCUT2D eigenvalue weighted by Crippen LogP contribution is -2.18. The fourth-order valence-electron chi connectivity index (χ4n) is 2.44. The van der Waals surface area contributed by atoms with Gasteiger partial charge in [0.2, 0.25) is 5.91 Å². The van der Waals surface area contributed by atoms with Gasteiger partial charge in [0.15, 0.2) is 0 Å². The van der Waals surface area contributed by atoms with E-state index in [-0.39, 0.29) is 12.5 Å². The zero-order valence-electron chi connectivity index (χ0n) is 15.1. The summed E-state index contributed by atoms with van der Waals surface area (Å²) in [5.41, 5.74) is 4.59. The third kappa shape index (κ3) is 4.12. The summed E-state index contributed by atoms with van der Waals surface area (Å²) in [6.45, 7) is 6.29. The average Bonchev–Trinajstić information content (AvgIpc) is 2.91. The van der Waals surface area contributed by atoms with Crippen LogP contribution in [-0.2, 0) is 16.1 Å². The molecule has 0 radical (unpaired) electrons. The van der Waals surface area contributed by atoms with Gasteiger partial charge in [0.05, 0.1) is 30.4 Å². The maximum absolute atomic E-state index is 12.0. The predicted octanol–water partition coefficient (Wildman–Crippen LogP) is 2.74. The second kappa shape index (κ2) is 7.88. The number of aromatic nitrogens is 4. The van der Waals surface area contributed by atoms with Gasteiger partial charge in [0.1, 0.15) is 6.61 Å². The molecule has 0 saturated carbocycles. The number of nitrogens with one attached hydrogen (secondary N) is 1. The monoisotopic (exact) mass is 351 g/mol. The van der Waals surface area contributed by atoms with Gasteiger partial charge >= 0.3 is 0 Å². The van der Waals surface area contributed by atoms with Gasteiger partial charge in [-0.25, -0.2) is 14.6 Å². The molecule has 1 amide bonds. The van der Waals surface area contributed by atoms with Gasteiger partial charge < -0.3 is 10.1 Å². The third-order valence-electron chi connectivity index (χ3n) is 4.11. The zero-order valence-corrected chi connectivity index (χ0v) is 15.1. The minimum absolute atomic E-state index is 0.0344. The van der Waals surface area contributed by atoms with Gasteiger partial charge in [0, 0.05) is 5.69 Å². The summed E-state index contributed by atoms with van der Waals surface area (Å²) >= 11 is 0. The largest absolute Gasteiger partial charge is 0.367 e. The fraction of sp³-hybridized carbons (Fsp3) is 0.263. The molecule has 7 nitrogen and oxygen atoms in total. The first kappa shape index (κ1) is 17.8. The smallest absolute Gasteiger partial charge is 0.250 e. The molecule has 0 fully saturated rings. The number of aryl methyl sites for hydroxylation is 1. The highest BCUT2D eigenvalue weighted by molar-refractivity contribution is 5.91. The maximum atomic E-state index is 12.0. The molecule has 3 rings (SSSR count). The molecule has 0 aliphatic carbocycles. The normalized spacial score (nSPS) is 10.7. The number of hydrogen-bond donors (Lipinski definition) is 1. The van der Waals surface area contributed by atoms with Crippen LogP contribution in [-0.4, -0.2) is 32.3 Å². The van der Waals surface area contributed by atoms with Crippen molar-refractivity contribution in [2.75, 3.05) is 11.9 Å². The topological polar surface area (TPSA) is 81.9 Å². The Morgan fingerprint density at radius 2 is 1.81 bits per heavy atom. The standard InChI is InChI=1S/C19H21N5O2/c1-13-14(2)23-24(15(13)3)19-20-9-17(10-21-19)22-18(25)12-26-11-16-7-5-4-6-8-16/h4-10H,11-12H2,1-3H3,(H,22,25). The van der Waals surface area contributed by atoms with E-state index in [9.17, 15) is 4.79 Å². The van der Waals surface area contributed by atoms with Crippen molar-refractivity contribution in [1.29, 1.82) is 0 Å². The molecule has 0 spiro atoms. The van der Waals surface area contributed by atoms with Crippen molar-refractivity contribution >= 4 is 11.6 Å². The highest BCUT2D eigenvalue weighted by Crippen LogP contribution is 2.14. The summed E-state index contributed by atoms with van der Waals surface area (Å²) in [6, 6.07) is 9.70. The van der Waals surface area contributed by atoms with Crippen LogP contribution in [0.1, 0.15) is 22.5 Å². The molecule has 2 heterocycles. The van der Waals surface area contributed by atoms with E-state index in [2.05, 4.69) is 20.4 Å². The fourth-order valence-corrected chi connectivity index (χ4v) is 2.44. The molecule has 0 aliphatic heterocycles. The van der Waals surface area contributed by atoms with Gasteiger partial charge in [-0.15, -0.1) is 0 Å². The van der Waals surface area contributed by atoms with Crippen molar-refractivity contribution in [2.24, 2.45) is 0 Å². The third-order valence-corrected chi connectivity index (χ3v) is 4.11. The van der Waals surface area contributed by atoms with Crippen molar-refractivity contribution in [3.8, 4) is 5.95 Å². The van der Waals surface area contributed by atoms with Crippen LogP contribution in [0.4, 0.5) is 5.69 Å². The van der Waals surface area contributed by atoms with Crippen LogP contribution in [0, 0.1) is 20.8 Å². The molecular weight excluding hydrogens is 330 g/mol. The second-order valence-corrected chi connectivity index (χ2v) is 6.01. The Bertz CT molecular complexity index is 888. The summed E-state index contributed by atoms with van der Waals surface area (Å²) in [4.78, 5) is 20.5. The number of carbonyl (C=O) groups is 1. The molecule has 7 heteroatoms. The summed E-state index contributed by atoms with van der Waals surface area (Å²) in [5.74, 6) is 0.219. The molecule has 0 unspecified atom stereocenters. The van der Waals surface area contributed by atoms with Crippen LogP contribution in [0.5, 0.6) is 0 Å². The first-order valence-electron chi connectivity index (χ1n) is 8.31. The van der Waals surface area contributed by atoms with Gasteiger partial charge in [-0.05, 0) is 31.9 Å². The number of hydrogen-bond acceptors (Lipinski definition) is 5. The Balaban J connectivity index is 1.55. The predicted molar refractivity (Wildman–Crippen MR) is 98.1 cm³/mol. The number of carbonyl (C=O) groups excluding carboxylic acids is 1. The van der Waals surface area contributed by atoms with E-state index in [4.69, 9.17) is 4.74 Å². The SMILES string of the molecule is Cc1nn(-c2ncc(NC(=O)COCc3ccccc3)cn2)c(C)c1C. The number of amides is 1. The number of benzene rings is 1. The molecule has 2 aromatic heterocycles. The van der Waals surface area contributed by atoms with E-state index in [0.717, 1.165) is 22.5 Å². The highest BCUT2D eigenvalue weighted by atomic mass is 16.5. The van der Waals surface area contributed by atoms with Gasteiger partial charge in [0.25, 0.3) is 5.95 Å². The lowest BCUT2D eigenvalue weighted by Gasteiger charge is -2.07.